The van der Waals surface area contributed by atoms with Crippen molar-refractivity contribution in [3.05, 3.63) is 101 Å². The van der Waals surface area contributed by atoms with Crippen LogP contribution in [0.5, 0.6) is 0 Å². The van der Waals surface area contributed by atoms with Crippen LogP contribution in [0, 0.1) is 0 Å². The number of fused-ring (bicyclic) bond motifs is 6. The molecule has 4 aromatic rings. The molecule has 0 radical (unpaired) electrons. The summed E-state index contributed by atoms with van der Waals surface area (Å²) < 4.78 is 0. The quantitative estimate of drug-likeness (QED) is 0.257. The maximum atomic E-state index is 13.0. The fourth-order valence-electron chi connectivity index (χ4n) is 5.03. The van der Waals surface area contributed by atoms with E-state index >= 15 is 0 Å². The van der Waals surface area contributed by atoms with Gasteiger partial charge in [0.05, 0.1) is 6.20 Å². The van der Waals surface area contributed by atoms with E-state index in [0.717, 1.165) is 34.6 Å². The number of aromatic nitrogens is 2. The predicted molar refractivity (Wildman–Crippen MR) is 157 cm³/mol. The highest BCUT2D eigenvalue weighted by Gasteiger charge is 2.28. The molecule has 40 heavy (non-hydrogen) atoms. The van der Waals surface area contributed by atoms with Crippen LogP contribution in [0.15, 0.2) is 79.0 Å². The number of rotatable bonds is 3. The van der Waals surface area contributed by atoms with Gasteiger partial charge in [-0.15, -0.1) is 0 Å². The summed E-state index contributed by atoms with van der Waals surface area (Å²) in [4.78, 5) is 36.4. The predicted octanol–water partition coefficient (Wildman–Crippen LogP) is 5.75. The van der Waals surface area contributed by atoms with Crippen LogP contribution in [0.3, 0.4) is 0 Å². The van der Waals surface area contributed by atoms with Gasteiger partial charge < -0.3 is 26.2 Å². The van der Waals surface area contributed by atoms with Crippen molar-refractivity contribution in [3.63, 3.8) is 0 Å². The van der Waals surface area contributed by atoms with Gasteiger partial charge >= 0.3 is 6.03 Å². The van der Waals surface area contributed by atoms with Crippen LogP contribution >= 0.6 is 11.6 Å². The highest BCUT2D eigenvalue weighted by atomic mass is 35.5. The SMILES string of the molecule is O=C(Nc1ccc2cc1CCc1cccc(c1)Nc1ncc(Cl)c(n1)N2)N[C@@H]1CCN(C(=O)c2ccccc2)C1. The van der Waals surface area contributed by atoms with E-state index in [0.29, 0.717) is 48.3 Å². The van der Waals surface area contributed by atoms with Gasteiger partial charge in [-0.3, -0.25) is 4.79 Å². The second-order valence-electron chi connectivity index (χ2n) is 9.91. The van der Waals surface area contributed by atoms with Crippen LogP contribution in [0.1, 0.15) is 27.9 Å². The number of carbonyl (C=O) groups is 2. The van der Waals surface area contributed by atoms with Gasteiger partial charge in [0.25, 0.3) is 5.91 Å². The Balaban J connectivity index is 1.18. The fraction of sp³-hybridized carbons (Fsp3) is 0.200. The Hall–Kier alpha value is -4.63. The molecule has 6 bridgehead atoms. The fourth-order valence-corrected chi connectivity index (χ4v) is 5.17. The molecule has 6 rings (SSSR count). The lowest BCUT2D eigenvalue weighted by molar-refractivity contribution is 0.0789. The summed E-state index contributed by atoms with van der Waals surface area (Å²) in [5.74, 6) is 0.902. The number of likely N-dealkylation sites (tertiary alicyclic amines) is 1. The molecule has 9 nitrogen and oxygen atoms in total. The zero-order valence-electron chi connectivity index (χ0n) is 21.7. The summed E-state index contributed by atoms with van der Waals surface area (Å²) in [6.45, 7) is 1.08. The van der Waals surface area contributed by atoms with Gasteiger partial charge in [0, 0.05) is 41.8 Å². The van der Waals surface area contributed by atoms with E-state index in [4.69, 9.17) is 11.6 Å². The van der Waals surface area contributed by atoms with E-state index in [2.05, 4.69) is 43.4 Å². The largest absolute Gasteiger partial charge is 0.339 e. The first-order valence-electron chi connectivity index (χ1n) is 13.2. The Bertz CT molecular complexity index is 1560. The average molecular weight is 554 g/mol. The van der Waals surface area contributed by atoms with Crippen molar-refractivity contribution < 1.29 is 9.59 Å². The number of anilines is 5. The molecule has 1 saturated heterocycles. The summed E-state index contributed by atoms with van der Waals surface area (Å²) in [5, 5.41) is 13.0. The monoisotopic (exact) mass is 553 g/mol. The minimum atomic E-state index is -0.298. The van der Waals surface area contributed by atoms with Gasteiger partial charge in [-0.05, 0) is 72.9 Å². The third-order valence-corrected chi connectivity index (χ3v) is 7.33. The van der Waals surface area contributed by atoms with Gasteiger partial charge in [-0.1, -0.05) is 41.9 Å². The standard InChI is InChI=1S/C30H28ClN7O2/c31-25-17-32-29-34-22-8-4-5-19(15-22)9-10-21-16-23(33-27(25)37-29)11-12-26(21)36-30(40)35-24-13-14-38(18-24)28(39)20-6-2-1-3-7-20/h1-8,11-12,15-17,24H,9-10,13-14,18H2,(H2,35,36,40)(H2,32,33,34,37)/t24-/m1/s1. The Morgan fingerprint density at radius 1 is 0.950 bits per heavy atom. The number of carbonyl (C=O) groups excluding carboxylic acids is 2. The molecule has 3 heterocycles. The van der Waals surface area contributed by atoms with Gasteiger partial charge in [0.2, 0.25) is 5.95 Å². The van der Waals surface area contributed by atoms with Crippen molar-refractivity contribution in [2.75, 3.05) is 29.0 Å². The number of amides is 3. The van der Waals surface area contributed by atoms with Crippen molar-refractivity contribution in [2.45, 2.75) is 25.3 Å². The molecular formula is C30H28ClN7O2. The van der Waals surface area contributed by atoms with Crippen LogP contribution in [-0.4, -0.2) is 45.9 Å². The molecule has 2 aliphatic rings. The number of hydrogen-bond acceptors (Lipinski definition) is 6. The van der Waals surface area contributed by atoms with Crippen molar-refractivity contribution in [3.8, 4) is 0 Å². The van der Waals surface area contributed by atoms with Gasteiger partial charge in [-0.2, -0.15) is 4.98 Å². The van der Waals surface area contributed by atoms with Gasteiger partial charge in [0.1, 0.15) is 5.02 Å². The molecule has 2 aliphatic heterocycles. The lowest BCUT2D eigenvalue weighted by Gasteiger charge is -2.18. The number of benzene rings is 3. The zero-order chi connectivity index (χ0) is 27.5. The molecular weight excluding hydrogens is 526 g/mol. The van der Waals surface area contributed by atoms with Crippen LogP contribution in [-0.2, 0) is 12.8 Å². The molecule has 0 aliphatic carbocycles. The third-order valence-electron chi connectivity index (χ3n) is 7.06. The smallest absolute Gasteiger partial charge is 0.319 e. The number of urea groups is 1. The molecule has 0 spiro atoms. The minimum absolute atomic E-state index is 0.0187. The third kappa shape index (κ3) is 5.84. The zero-order valence-corrected chi connectivity index (χ0v) is 22.4. The average Bonchev–Trinajstić information content (AvgIpc) is 3.43. The van der Waals surface area contributed by atoms with Gasteiger partial charge in [0.15, 0.2) is 5.82 Å². The molecule has 0 unspecified atom stereocenters. The number of halogens is 1. The van der Waals surface area contributed by atoms with E-state index in [1.54, 1.807) is 11.1 Å². The lowest BCUT2D eigenvalue weighted by atomic mass is 10.0. The number of nitrogens with zero attached hydrogens (tertiary/aromatic N) is 3. The number of hydrogen-bond donors (Lipinski definition) is 4. The summed E-state index contributed by atoms with van der Waals surface area (Å²) in [5.41, 5.74) is 5.16. The molecule has 1 atom stereocenters. The maximum Gasteiger partial charge on any atom is 0.319 e. The Kier molecular flexibility index (Phi) is 7.20. The lowest BCUT2D eigenvalue weighted by Crippen LogP contribution is -2.40. The summed E-state index contributed by atoms with van der Waals surface area (Å²) in [6, 6.07) is 22.6. The minimum Gasteiger partial charge on any atom is -0.339 e. The summed E-state index contributed by atoms with van der Waals surface area (Å²) in [7, 11) is 0. The second-order valence-corrected chi connectivity index (χ2v) is 10.3. The Morgan fingerprint density at radius 2 is 1.80 bits per heavy atom. The van der Waals surface area contributed by atoms with E-state index in [1.165, 1.54) is 0 Å². The van der Waals surface area contributed by atoms with Gasteiger partial charge in [-0.25, -0.2) is 9.78 Å². The first kappa shape index (κ1) is 25.6. The van der Waals surface area contributed by atoms with Crippen LogP contribution in [0.25, 0.3) is 0 Å². The van der Waals surface area contributed by atoms with Crippen molar-refractivity contribution in [1.29, 1.82) is 0 Å². The second kappa shape index (κ2) is 11.2. The Labute approximate surface area is 237 Å². The number of aryl methyl sites for hydroxylation is 2. The Morgan fingerprint density at radius 3 is 2.67 bits per heavy atom. The topological polar surface area (TPSA) is 111 Å². The molecule has 10 heteroatoms. The van der Waals surface area contributed by atoms with Crippen LogP contribution in [0.2, 0.25) is 5.02 Å². The molecule has 4 N–H and O–H groups in total. The highest BCUT2D eigenvalue weighted by Crippen LogP contribution is 2.29. The summed E-state index contributed by atoms with van der Waals surface area (Å²) >= 11 is 6.37. The van der Waals surface area contributed by atoms with E-state index in [9.17, 15) is 9.59 Å². The highest BCUT2D eigenvalue weighted by molar-refractivity contribution is 6.32. The van der Waals surface area contributed by atoms with E-state index in [-0.39, 0.29) is 18.0 Å². The molecule has 0 saturated carbocycles. The van der Waals surface area contributed by atoms with Crippen molar-refractivity contribution >= 4 is 52.4 Å². The van der Waals surface area contributed by atoms with E-state index in [1.807, 2.05) is 60.7 Å². The van der Waals surface area contributed by atoms with Crippen LogP contribution in [0.4, 0.5) is 33.6 Å². The number of nitrogens with one attached hydrogen (secondary N) is 4. The molecule has 3 amide bonds. The van der Waals surface area contributed by atoms with Crippen molar-refractivity contribution in [2.24, 2.45) is 0 Å². The molecule has 202 valence electrons. The molecule has 1 aromatic heterocycles. The first-order valence-corrected chi connectivity index (χ1v) is 13.6. The van der Waals surface area contributed by atoms with Crippen molar-refractivity contribution in [1.82, 2.24) is 20.2 Å². The summed E-state index contributed by atoms with van der Waals surface area (Å²) in [6.07, 6.45) is 3.73. The normalized spacial score (nSPS) is 15.9. The maximum absolute atomic E-state index is 13.0. The first-order chi connectivity index (χ1) is 19.5. The molecule has 1 fully saturated rings. The molecule has 3 aromatic carbocycles. The van der Waals surface area contributed by atoms with E-state index < -0.39 is 0 Å². The van der Waals surface area contributed by atoms with Crippen LogP contribution < -0.4 is 21.3 Å².